The van der Waals surface area contributed by atoms with Gasteiger partial charge >= 0.3 is 0 Å². The van der Waals surface area contributed by atoms with Gasteiger partial charge in [0, 0.05) is 12.5 Å². The fourth-order valence-corrected chi connectivity index (χ4v) is 12.0. The molecule has 0 saturated heterocycles. The average molecular weight is 749 g/mol. The molecule has 4 aliphatic carbocycles. The second-order valence-electron chi connectivity index (χ2n) is 18.6. The van der Waals surface area contributed by atoms with E-state index in [0.29, 0.717) is 55.3 Å². The van der Waals surface area contributed by atoms with Crippen LogP contribution in [0.4, 0.5) is 0 Å². The van der Waals surface area contributed by atoms with Crippen molar-refractivity contribution in [1.29, 1.82) is 0 Å². The molecule has 5 nitrogen and oxygen atoms in total. The normalized spacial score (nSPS) is 33.2. The van der Waals surface area contributed by atoms with Gasteiger partial charge in [-0.2, -0.15) is 0 Å². The Kier molecular flexibility index (Phi) is 13.1. The second-order valence-corrected chi connectivity index (χ2v) is 18.6. The molecule has 0 heterocycles. The van der Waals surface area contributed by atoms with Crippen LogP contribution in [0.25, 0.3) is 0 Å². The smallest absolute Gasteiger partial charge is 0.0878 e. The van der Waals surface area contributed by atoms with Gasteiger partial charge in [-0.25, -0.2) is 0 Å². The Morgan fingerprint density at radius 1 is 0.691 bits per heavy atom. The standard InChI is InChI=1S/C50H68O5/c1-34(2)39(25-28-51)29-45(52)35(3)41-21-22-42-46-43(24-27-49(41,42)4)50(5)26-23-40(53-31-36-15-9-6-10-16-36)30-44(50)47(54-32-37-17-11-7-12-18-37)48(46)55-33-38-19-13-8-14-20-38/h6-21,34-35,39-40,42-48,51-52H,22-33H2,1-5H3/t35?,39?,40-,42?,43?,44?,45?,46?,47-,48-,49-,50-/m1/s1. The quantitative estimate of drug-likeness (QED) is 0.143. The molecule has 3 aromatic carbocycles. The molecule has 12 atom stereocenters. The van der Waals surface area contributed by atoms with Gasteiger partial charge in [0.2, 0.25) is 0 Å². The van der Waals surface area contributed by atoms with E-state index in [1.54, 1.807) is 0 Å². The summed E-state index contributed by atoms with van der Waals surface area (Å²) in [6.07, 6.45) is 10.1. The first-order valence-corrected chi connectivity index (χ1v) is 21.6. The van der Waals surface area contributed by atoms with Gasteiger partial charge in [0.15, 0.2) is 0 Å². The number of aliphatic hydroxyl groups excluding tert-OH is 2. The van der Waals surface area contributed by atoms with Crippen molar-refractivity contribution < 1.29 is 24.4 Å². The molecule has 3 aromatic rings. The highest BCUT2D eigenvalue weighted by Crippen LogP contribution is 2.68. The van der Waals surface area contributed by atoms with Gasteiger partial charge in [0.1, 0.15) is 0 Å². The average Bonchev–Trinajstić information content (AvgIpc) is 3.56. The lowest BCUT2D eigenvalue weighted by molar-refractivity contribution is -0.252. The molecule has 55 heavy (non-hydrogen) atoms. The highest BCUT2D eigenvalue weighted by molar-refractivity contribution is 5.29. The largest absolute Gasteiger partial charge is 0.396 e. The Balaban J connectivity index is 1.21. The lowest BCUT2D eigenvalue weighted by Gasteiger charge is -2.65. The summed E-state index contributed by atoms with van der Waals surface area (Å²) in [5.74, 6) is 2.39. The zero-order valence-electron chi connectivity index (χ0n) is 34.2. The van der Waals surface area contributed by atoms with E-state index in [-0.39, 0.29) is 41.7 Å². The Morgan fingerprint density at radius 3 is 1.82 bits per heavy atom. The van der Waals surface area contributed by atoms with Crippen molar-refractivity contribution in [1.82, 2.24) is 0 Å². The van der Waals surface area contributed by atoms with Crippen LogP contribution < -0.4 is 0 Å². The molecule has 0 aromatic heterocycles. The van der Waals surface area contributed by atoms with Crippen LogP contribution in [0.15, 0.2) is 103 Å². The van der Waals surface area contributed by atoms with Gasteiger partial charge in [-0.05, 0) is 114 Å². The van der Waals surface area contributed by atoms with Gasteiger partial charge < -0.3 is 24.4 Å². The van der Waals surface area contributed by atoms with Crippen LogP contribution >= 0.6 is 0 Å². The summed E-state index contributed by atoms with van der Waals surface area (Å²) in [7, 11) is 0. The first-order valence-electron chi connectivity index (χ1n) is 21.6. The maximum atomic E-state index is 11.8. The molecule has 2 N–H and O–H groups in total. The monoisotopic (exact) mass is 749 g/mol. The van der Waals surface area contributed by atoms with Gasteiger partial charge in [-0.15, -0.1) is 0 Å². The van der Waals surface area contributed by atoms with E-state index in [4.69, 9.17) is 14.2 Å². The molecule has 3 saturated carbocycles. The number of hydrogen-bond donors (Lipinski definition) is 2. The number of rotatable bonds is 16. The number of allylic oxidation sites excluding steroid dienone is 1. The summed E-state index contributed by atoms with van der Waals surface area (Å²) in [4.78, 5) is 0. The predicted octanol–water partition coefficient (Wildman–Crippen LogP) is 10.6. The van der Waals surface area contributed by atoms with Crippen LogP contribution in [0.3, 0.4) is 0 Å². The van der Waals surface area contributed by atoms with Crippen LogP contribution in [0.5, 0.6) is 0 Å². The van der Waals surface area contributed by atoms with Crippen molar-refractivity contribution in [3.8, 4) is 0 Å². The fraction of sp³-hybridized carbons (Fsp3) is 0.600. The molecule has 5 heteroatoms. The SMILES string of the molecule is CC(C)C(CCO)CC(O)C(C)C1=CCC2C3C(CC[C@]12C)[C@@]1(C)CC[C@@H](OCc2ccccc2)CC1[C@@H](OCc1ccccc1)[C@@H]3OCc1ccccc1. The third-order valence-corrected chi connectivity index (χ3v) is 15.2. The van der Waals surface area contributed by atoms with Crippen LogP contribution in [0.1, 0.15) is 103 Å². The molecule has 0 spiro atoms. The van der Waals surface area contributed by atoms with Gasteiger partial charge in [-0.3, -0.25) is 0 Å². The van der Waals surface area contributed by atoms with Gasteiger partial charge in [-0.1, -0.05) is 137 Å². The summed E-state index contributed by atoms with van der Waals surface area (Å²) < 4.78 is 21.4. The molecule has 0 bridgehead atoms. The lowest BCUT2D eigenvalue weighted by Crippen LogP contribution is -2.65. The number of aliphatic hydroxyl groups is 2. The van der Waals surface area contributed by atoms with Crippen molar-refractivity contribution in [3.05, 3.63) is 119 Å². The molecule has 298 valence electrons. The summed E-state index contributed by atoms with van der Waals surface area (Å²) >= 11 is 0. The summed E-state index contributed by atoms with van der Waals surface area (Å²) in [6.45, 7) is 13.8. The molecule has 7 rings (SSSR count). The Bertz CT molecular complexity index is 1660. The zero-order chi connectivity index (χ0) is 38.6. The molecule has 4 aliphatic rings. The minimum atomic E-state index is -0.426. The van der Waals surface area contributed by atoms with Crippen molar-refractivity contribution in [3.63, 3.8) is 0 Å². The third-order valence-electron chi connectivity index (χ3n) is 15.2. The molecule has 3 fully saturated rings. The number of fused-ring (bicyclic) bond motifs is 5. The van der Waals surface area contributed by atoms with E-state index in [1.165, 1.54) is 22.3 Å². The van der Waals surface area contributed by atoms with E-state index in [2.05, 4.69) is 132 Å². The summed E-state index contributed by atoms with van der Waals surface area (Å²) in [5.41, 5.74) is 5.17. The Morgan fingerprint density at radius 2 is 1.25 bits per heavy atom. The van der Waals surface area contributed by atoms with Crippen LogP contribution in [-0.4, -0.2) is 41.2 Å². The Labute approximate surface area is 331 Å². The van der Waals surface area contributed by atoms with Crippen molar-refractivity contribution >= 4 is 0 Å². The molecule has 0 radical (unpaired) electrons. The molecule has 0 amide bonds. The molecule has 0 aliphatic heterocycles. The van der Waals surface area contributed by atoms with Gasteiger partial charge in [0.25, 0.3) is 0 Å². The van der Waals surface area contributed by atoms with Crippen molar-refractivity contribution in [2.75, 3.05) is 6.61 Å². The van der Waals surface area contributed by atoms with E-state index >= 15 is 0 Å². The van der Waals surface area contributed by atoms with E-state index < -0.39 is 6.10 Å². The zero-order valence-corrected chi connectivity index (χ0v) is 34.2. The summed E-state index contributed by atoms with van der Waals surface area (Å²) in [6, 6.07) is 31.9. The molecular formula is C50H68O5. The van der Waals surface area contributed by atoms with Crippen LogP contribution in [0.2, 0.25) is 0 Å². The first kappa shape index (κ1) is 40.4. The number of ether oxygens (including phenoxy) is 3. The molecule has 7 unspecified atom stereocenters. The maximum absolute atomic E-state index is 11.8. The minimum Gasteiger partial charge on any atom is -0.396 e. The third kappa shape index (κ3) is 8.58. The maximum Gasteiger partial charge on any atom is 0.0878 e. The summed E-state index contributed by atoms with van der Waals surface area (Å²) in [5, 5.41) is 21.6. The first-order chi connectivity index (χ1) is 26.6. The highest BCUT2D eigenvalue weighted by Gasteiger charge is 2.65. The number of hydrogen-bond acceptors (Lipinski definition) is 5. The topological polar surface area (TPSA) is 68.2 Å². The van der Waals surface area contributed by atoms with Crippen LogP contribution in [0, 0.1) is 52.3 Å². The van der Waals surface area contributed by atoms with Crippen molar-refractivity contribution in [2.45, 2.75) is 130 Å². The van der Waals surface area contributed by atoms with E-state index in [0.717, 1.165) is 51.4 Å². The fourth-order valence-electron chi connectivity index (χ4n) is 12.0. The molecular weight excluding hydrogens is 681 g/mol. The Hall–Kier alpha value is -2.80. The van der Waals surface area contributed by atoms with E-state index in [1.807, 2.05) is 0 Å². The van der Waals surface area contributed by atoms with E-state index in [9.17, 15) is 10.2 Å². The van der Waals surface area contributed by atoms with Crippen molar-refractivity contribution in [2.24, 2.45) is 52.3 Å². The van der Waals surface area contributed by atoms with Gasteiger partial charge in [0.05, 0.1) is 44.2 Å². The lowest BCUT2D eigenvalue weighted by atomic mass is 9.43. The predicted molar refractivity (Wildman–Crippen MR) is 221 cm³/mol. The minimum absolute atomic E-state index is 0.0105. The number of benzene rings is 3. The highest BCUT2D eigenvalue weighted by atomic mass is 16.5. The second kappa shape index (κ2) is 17.8. The van der Waals surface area contributed by atoms with Crippen LogP contribution in [-0.2, 0) is 34.0 Å².